The summed E-state index contributed by atoms with van der Waals surface area (Å²) in [6.07, 6.45) is 2.51. The molecule has 0 saturated carbocycles. The lowest BCUT2D eigenvalue weighted by molar-refractivity contribution is -0.121. The van der Waals surface area contributed by atoms with Crippen molar-refractivity contribution in [3.63, 3.8) is 0 Å². The van der Waals surface area contributed by atoms with Crippen molar-refractivity contribution >= 4 is 39.4 Å². The van der Waals surface area contributed by atoms with Crippen LogP contribution in [0.5, 0.6) is 11.5 Å². The van der Waals surface area contributed by atoms with E-state index in [1.165, 1.54) is 20.2 Å². The number of hydrogen-bond acceptors (Lipinski definition) is 6. The number of halogens is 1. The van der Waals surface area contributed by atoms with E-state index in [1.807, 2.05) is 12.1 Å². The molecule has 0 aromatic heterocycles. The van der Waals surface area contributed by atoms with E-state index in [1.54, 1.807) is 60.7 Å². The van der Waals surface area contributed by atoms with Crippen LogP contribution in [0.2, 0.25) is 5.02 Å². The minimum absolute atomic E-state index is 0.342. The first-order valence-corrected chi connectivity index (χ1v) is 12.8. The van der Waals surface area contributed by atoms with E-state index in [-0.39, 0.29) is 0 Å². The highest BCUT2D eigenvalue weighted by atomic mass is 35.5. The van der Waals surface area contributed by atoms with Crippen molar-refractivity contribution in [3.05, 3.63) is 88.9 Å². The molecule has 1 amide bonds. The smallest absolute Gasteiger partial charge is 0.263 e. The lowest BCUT2D eigenvalue weighted by Crippen LogP contribution is -2.46. The molecule has 0 aliphatic heterocycles. The Labute approximate surface area is 210 Å². The Morgan fingerprint density at radius 3 is 2.20 bits per heavy atom. The Kier molecular flexibility index (Phi) is 8.73. The third-order valence-electron chi connectivity index (χ3n) is 5.00. The Morgan fingerprint density at radius 2 is 1.63 bits per heavy atom. The van der Waals surface area contributed by atoms with Crippen LogP contribution < -0.4 is 19.2 Å². The Bertz CT molecular complexity index is 1260. The predicted octanol–water partition coefficient (Wildman–Crippen LogP) is 4.23. The van der Waals surface area contributed by atoms with Crippen molar-refractivity contribution in [3.8, 4) is 11.5 Å². The number of hydrazone groups is 1. The number of anilines is 1. The normalized spacial score (nSPS) is 12.2. The van der Waals surface area contributed by atoms with Gasteiger partial charge in [0.1, 0.15) is 24.1 Å². The molecule has 10 heteroatoms. The van der Waals surface area contributed by atoms with Gasteiger partial charge in [-0.15, -0.1) is 0 Å². The highest BCUT2D eigenvalue weighted by molar-refractivity contribution is 7.92. The zero-order chi connectivity index (χ0) is 25.4. The summed E-state index contributed by atoms with van der Waals surface area (Å²) in [4.78, 5) is 12.6. The van der Waals surface area contributed by atoms with Crippen LogP contribution in [0.3, 0.4) is 0 Å². The minimum atomic E-state index is -3.73. The number of methoxy groups -OCH3 is 1. The average molecular weight is 516 g/mol. The number of hydrogen-bond donors (Lipinski definition) is 1. The molecule has 0 heterocycles. The number of sulfonamides is 1. The summed E-state index contributed by atoms with van der Waals surface area (Å²) < 4.78 is 36.6. The lowest BCUT2D eigenvalue weighted by Gasteiger charge is -2.27. The Morgan fingerprint density at radius 1 is 1.03 bits per heavy atom. The molecule has 1 N–H and O–H groups in total. The molecule has 3 rings (SSSR count). The monoisotopic (exact) mass is 515 g/mol. The molecular weight excluding hydrogens is 490 g/mol. The van der Waals surface area contributed by atoms with Gasteiger partial charge in [0.2, 0.25) is 10.0 Å². The second-order valence-corrected chi connectivity index (χ2v) is 9.95. The summed E-state index contributed by atoms with van der Waals surface area (Å²) in [7, 11) is -2.22. The molecule has 0 aliphatic rings. The number of nitrogens with one attached hydrogen (secondary N) is 1. The summed E-state index contributed by atoms with van der Waals surface area (Å²) in [5.74, 6) is 0.675. The van der Waals surface area contributed by atoms with Crippen molar-refractivity contribution < 1.29 is 22.7 Å². The van der Waals surface area contributed by atoms with Crippen LogP contribution in [0, 0.1) is 0 Å². The number of nitrogens with zero attached hydrogens (tertiary/aromatic N) is 2. The first kappa shape index (κ1) is 26.1. The minimum Gasteiger partial charge on any atom is -0.497 e. The molecule has 3 aromatic rings. The standard InChI is InChI=1S/C25H26ClN3O5S/c1-18(29(35(3,31)32)22-10-14-23(33-2)15-11-22)25(30)28-27-16-19-6-12-24(13-7-19)34-17-20-4-8-21(26)9-5-20/h4-16,18H,17H2,1-3H3,(H,28,30)/b27-16-/t18-/m0/s1. The van der Waals surface area contributed by atoms with E-state index >= 15 is 0 Å². The number of ether oxygens (including phenoxy) is 2. The van der Waals surface area contributed by atoms with Gasteiger partial charge in [0.05, 0.1) is 25.3 Å². The first-order valence-electron chi connectivity index (χ1n) is 10.6. The number of carbonyl (C=O) groups excluding carboxylic acids is 1. The number of carbonyl (C=O) groups is 1. The Hall–Kier alpha value is -3.56. The van der Waals surface area contributed by atoms with Gasteiger partial charge in [-0.2, -0.15) is 5.10 Å². The SMILES string of the molecule is COc1ccc(N([C@@H](C)C(=O)N/N=C\c2ccc(OCc3ccc(Cl)cc3)cc2)S(C)(=O)=O)cc1. The van der Waals surface area contributed by atoms with Crippen LogP contribution in [0.1, 0.15) is 18.1 Å². The van der Waals surface area contributed by atoms with Crippen LogP contribution in [0.4, 0.5) is 5.69 Å². The fraction of sp³-hybridized carbons (Fsp3) is 0.200. The highest BCUT2D eigenvalue weighted by Gasteiger charge is 2.29. The topological polar surface area (TPSA) is 97.3 Å². The van der Waals surface area contributed by atoms with Crippen molar-refractivity contribution in [1.29, 1.82) is 0 Å². The molecule has 0 radical (unpaired) electrons. The van der Waals surface area contributed by atoms with Gasteiger partial charge in [-0.25, -0.2) is 13.8 Å². The summed E-state index contributed by atoms with van der Waals surface area (Å²) in [5, 5.41) is 4.63. The largest absolute Gasteiger partial charge is 0.497 e. The zero-order valence-electron chi connectivity index (χ0n) is 19.5. The second-order valence-electron chi connectivity index (χ2n) is 7.65. The maximum atomic E-state index is 12.6. The van der Waals surface area contributed by atoms with Gasteiger partial charge < -0.3 is 9.47 Å². The number of amides is 1. The summed E-state index contributed by atoms with van der Waals surface area (Å²) in [6.45, 7) is 1.90. The molecular formula is C25H26ClN3O5S. The molecule has 0 aliphatic carbocycles. The van der Waals surface area contributed by atoms with Crippen molar-refractivity contribution in [2.24, 2.45) is 5.10 Å². The van der Waals surface area contributed by atoms with Gasteiger partial charge in [-0.3, -0.25) is 9.10 Å². The molecule has 0 fully saturated rings. The molecule has 35 heavy (non-hydrogen) atoms. The van der Waals surface area contributed by atoms with Crippen molar-refractivity contribution in [1.82, 2.24) is 5.43 Å². The molecule has 184 valence electrons. The van der Waals surface area contributed by atoms with Gasteiger partial charge >= 0.3 is 0 Å². The molecule has 1 atom stereocenters. The quantitative estimate of drug-likeness (QED) is 0.322. The van der Waals surface area contributed by atoms with Crippen LogP contribution in [0.15, 0.2) is 77.9 Å². The van der Waals surface area contributed by atoms with Gasteiger partial charge in [0.25, 0.3) is 5.91 Å². The van der Waals surface area contributed by atoms with Crippen LogP contribution in [-0.2, 0) is 21.4 Å². The molecule has 0 bridgehead atoms. The first-order chi connectivity index (χ1) is 16.7. The molecule has 8 nitrogen and oxygen atoms in total. The van der Waals surface area contributed by atoms with Crippen molar-refractivity contribution in [2.75, 3.05) is 17.7 Å². The zero-order valence-corrected chi connectivity index (χ0v) is 21.1. The van der Waals surface area contributed by atoms with Gasteiger partial charge in [0, 0.05) is 5.02 Å². The summed E-state index contributed by atoms with van der Waals surface area (Å²) in [6, 6.07) is 19.9. The number of benzene rings is 3. The predicted molar refractivity (Wildman–Crippen MR) is 138 cm³/mol. The third-order valence-corrected chi connectivity index (χ3v) is 6.50. The van der Waals surface area contributed by atoms with Gasteiger partial charge in [-0.1, -0.05) is 23.7 Å². The molecule has 3 aromatic carbocycles. The lowest BCUT2D eigenvalue weighted by atomic mass is 10.2. The maximum Gasteiger partial charge on any atom is 0.263 e. The van der Waals surface area contributed by atoms with E-state index in [9.17, 15) is 13.2 Å². The van der Waals surface area contributed by atoms with E-state index < -0.39 is 22.0 Å². The fourth-order valence-corrected chi connectivity index (χ4v) is 4.50. The van der Waals surface area contributed by atoms with E-state index in [4.69, 9.17) is 21.1 Å². The maximum absolute atomic E-state index is 12.6. The van der Waals surface area contributed by atoms with E-state index in [0.29, 0.717) is 28.8 Å². The fourth-order valence-electron chi connectivity index (χ4n) is 3.20. The molecule has 0 spiro atoms. The van der Waals surface area contributed by atoms with Crippen molar-refractivity contribution in [2.45, 2.75) is 19.6 Å². The highest BCUT2D eigenvalue weighted by Crippen LogP contribution is 2.24. The summed E-state index contributed by atoms with van der Waals surface area (Å²) in [5.41, 5.74) is 4.46. The van der Waals surface area contributed by atoms with Crippen LogP contribution in [-0.4, -0.2) is 39.9 Å². The van der Waals surface area contributed by atoms with E-state index in [2.05, 4.69) is 10.5 Å². The second kappa shape index (κ2) is 11.7. The summed E-state index contributed by atoms with van der Waals surface area (Å²) >= 11 is 5.89. The van der Waals surface area contributed by atoms with E-state index in [0.717, 1.165) is 21.7 Å². The third kappa shape index (κ3) is 7.46. The molecule has 0 unspecified atom stereocenters. The van der Waals surface area contributed by atoms with Crippen LogP contribution >= 0.6 is 11.6 Å². The Balaban J connectivity index is 1.59. The van der Waals surface area contributed by atoms with Gasteiger partial charge in [-0.05, 0) is 78.7 Å². The average Bonchev–Trinajstić information content (AvgIpc) is 2.84. The number of rotatable bonds is 10. The van der Waals surface area contributed by atoms with Gasteiger partial charge in [0.15, 0.2) is 0 Å². The van der Waals surface area contributed by atoms with Crippen LogP contribution in [0.25, 0.3) is 0 Å². The molecule has 0 saturated heterocycles.